The molecule has 0 bridgehead atoms. The minimum atomic E-state index is 0.219. The lowest BCUT2D eigenvalue weighted by molar-refractivity contribution is 0.187. The lowest BCUT2D eigenvalue weighted by Gasteiger charge is -2.29. The van der Waals surface area contributed by atoms with Gasteiger partial charge in [0.05, 0.1) is 11.8 Å². The number of ether oxygens (including phenoxy) is 2. The quantitative estimate of drug-likeness (QED) is 0.690. The Morgan fingerprint density at radius 1 is 1.20 bits per heavy atom. The summed E-state index contributed by atoms with van der Waals surface area (Å²) in [4.78, 5) is 2.50. The molecule has 0 saturated heterocycles. The first-order valence-electron chi connectivity index (χ1n) is 9.16. The Labute approximate surface area is 150 Å². The minimum Gasteiger partial charge on any atom is -0.491 e. The Bertz CT molecular complexity index is 681. The molecule has 136 valence electrons. The van der Waals surface area contributed by atoms with E-state index in [2.05, 4.69) is 52.8 Å². The molecule has 0 unspecified atom stereocenters. The van der Waals surface area contributed by atoms with Crippen LogP contribution in [-0.2, 0) is 30.8 Å². The molecule has 1 aromatic heterocycles. The summed E-state index contributed by atoms with van der Waals surface area (Å²) in [7, 11) is 1.74. The molecular weight excluding hydrogens is 314 g/mol. The van der Waals surface area contributed by atoms with Crippen LogP contribution in [0.15, 0.2) is 30.5 Å². The van der Waals surface area contributed by atoms with Crippen molar-refractivity contribution in [2.24, 2.45) is 0 Å². The molecule has 0 aliphatic carbocycles. The molecule has 5 nitrogen and oxygen atoms in total. The molecule has 2 heterocycles. The normalized spacial score (nSPS) is 14.7. The Morgan fingerprint density at radius 3 is 2.88 bits per heavy atom. The van der Waals surface area contributed by atoms with E-state index in [1.165, 1.54) is 16.8 Å². The molecule has 5 heteroatoms. The highest BCUT2D eigenvalue weighted by molar-refractivity contribution is 5.37. The fourth-order valence-electron chi connectivity index (χ4n) is 3.35. The summed E-state index contributed by atoms with van der Waals surface area (Å²) in [6.45, 7) is 8.82. The van der Waals surface area contributed by atoms with Crippen LogP contribution in [0.1, 0.15) is 37.1 Å². The first-order chi connectivity index (χ1) is 12.2. The van der Waals surface area contributed by atoms with Crippen molar-refractivity contribution >= 4 is 0 Å². The van der Waals surface area contributed by atoms with Crippen LogP contribution >= 0.6 is 0 Å². The number of nitrogens with zero attached hydrogens (tertiary/aromatic N) is 3. The van der Waals surface area contributed by atoms with E-state index in [9.17, 15) is 0 Å². The van der Waals surface area contributed by atoms with Gasteiger partial charge >= 0.3 is 0 Å². The summed E-state index contributed by atoms with van der Waals surface area (Å²) in [5, 5.41) is 4.45. The van der Waals surface area contributed by atoms with Crippen molar-refractivity contribution in [3.63, 3.8) is 0 Å². The third kappa shape index (κ3) is 4.83. The van der Waals surface area contributed by atoms with Gasteiger partial charge in [0, 0.05) is 46.1 Å². The van der Waals surface area contributed by atoms with E-state index < -0.39 is 0 Å². The van der Waals surface area contributed by atoms with Crippen LogP contribution in [0.25, 0.3) is 0 Å². The molecule has 1 aliphatic heterocycles. The third-order valence-corrected chi connectivity index (χ3v) is 4.55. The highest BCUT2D eigenvalue weighted by Crippen LogP contribution is 2.25. The highest BCUT2D eigenvalue weighted by Gasteiger charge is 2.18. The Kier molecular flexibility index (Phi) is 6.10. The zero-order valence-corrected chi connectivity index (χ0v) is 15.6. The van der Waals surface area contributed by atoms with Gasteiger partial charge in [0.1, 0.15) is 5.75 Å². The predicted octanol–water partition coefficient (Wildman–Crippen LogP) is 3.27. The van der Waals surface area contributed by atoms with Crippen molar-refractivity contribution in [2.75, 3.05) is 20.3 Å². The molecule has 0 radical (unpaired) electrons. The number of rotatable bonds is 8. The van der Waals surface area contributed by atoms with Crippen molar-refractivity contribution in [2.45, 2.75) is 52.4 Å². The molecule has 3 rings (SSSR count). The highest BCUT2D eigenvalue weighted by atomic mass is 16.5. The molecule has 0 N–H and O–H groups in total. The molecule has 0 fully saturated rings. The van der Waals surface area contributed by atoms with Gasteiger partial charge in [-0.05, 0) is 56.0 Å². The van der Waals surface area contributed by atoms with Crippen LogP contribution in [0, 0.1) is 0 Å². The first kappa shape index (κ1) is 18.0. The van der Waals surface area contributed by atoms with Crippen molar-refractivity contribution in [1.29, 1.82) is 0 Å². The monoisotopic (exact) mass is 343 g/mol. The van der Waals surface area contributed by atoms with Crippen LogP contribution in [0.2, 0.25) is 0 Å². The average Bonchev–Trinajstić information content (AvgIpc) is 3.02. The maximum Gasteiger partial charge on any atom is 0.119 e. The smallest absolute Gasteiger partial charge is 0.119 e. The number of hydrogen-bond acceptors (Lipinski definition) is 4. The van der Waals surface area contributed by atoms with Crippen molar-refractivity contribution in [3.05, 3.63) is 47.3 Å². The van der Waals surface area contributed by atoms with Crippen molar-refractivity contribution in [1.82, 2.24) is 14.7 Å². The molecule has 0 atom stereocenters. The lowest BCUT2D eigenvalue weighted by Crippen LogP contribution is -2.31. The van der Waals surface area contributed by atoms with Crippen LogP contribution < -0.4 is 4.74 Å². The van der Waals surface area contributed by atoms with Gasteiger partial charge in [-0.1, -0.05) is 6.07 Å². The second kappa shape index (κ2) is 8.50. The second-order valence-electron chi connectivity index (χ2n) is 6.95. The van der Waals surface area contributed by atoms with Gasteiger partial charge in [0.25, 0.3) is 0 Å². The number of hydrogen-bond donors (Lipinski definition) is 0. The molecule has 0 spiro atoms. The van der Waals surface area contributed by atoms with Gasteiger partial charge in [0.2, 0.25) is 0 Å². The summed E-state index contributed by atoms with van der Waals surface area (Å²) >= 11 is 0. The summed E-state index contributed by atoms with van der Waals surface area (Å²) in [6.07, 6.45) is 4.18. The molecule has 25 heavy (non-hydrogen) atoms. The standard InChI is InChI=1S/C20H29N3O2/c1-16(2)25-20-6-5-18-14-22(11-8-17(18)13-20)15-19-7-9-21-23(19)10-4-12-24-3/h5-7,9,13,16H,4,8,10-12,14-15H2,1-3H3. The maximum atomic E-state index is 5.82. The predicted molar refractivity (Wildman–Crippen MR) is 98.7 cm³/mol. The summed E-state index contributed by atoms with van der Waals surface area (Å²) in [6, 6.07) is 8.65. The fraction of sp³-hybridized carbons (Fsp3) is 0.550. The van der Waals surface area contributed by atoms with Crippen molar-refractivity contribution < 1.29 is 9.47 Å². The molecule has 1 aromatic carbocycles. The van der Waals surface area contributed by atoms with Gasteiger partial charge in [-0.3, -0.25) is 9.58 Å². The number of aryl methyl sites for hydroxylation is 1. The third-order valence-electron chi connectivity index (χ3n) is 4.55. The average molecular weight is 343 g/mol. The van der Waals surface area contributed by atoms with Crippen LogP contribution in [0.3, 0.4) is 0 Å². The number of fused-ring (bicyclic) bond motifs is 1. The van der Waals surface area contributed by atoms with Gasteiger partial charge < -0.3 is 9.47 Å². The molecule has 0 saturated carbocycles. The molecule has 1 aliphatic rings. The Hall–Kier alpha value is -1.85. The SMILES string of the molecule is COCCCn1nccc1CN1CCc2cc(OC(C)C)ccc2C1. The molecular formula is C20H29N3O2. The lowest BCUT2D eigenvalue weighted by atomic mass is 9.99. The fourth-order valence-corrected chi connectivity index (χ4v) is 3.35. The van der Waals surface area contributed by atoms with E-state index in [1.54, 1.807) is 7.11 Å². The van der Waals surface area contributed by atoms with Crippen LogP contribution in [-0.4, -0.2) is 41.0 Å². The zero-order chi connectivity index (χ0) is 17.6. The maximum absolute atomic E-state index is 5.82. The van der Waals surface area contributed by atoms with E-state index in [0.717, 1.165) is 51.4 Å². The second-order valence-corrected chi connectivity index (χ2v) is 6.95. The Balaban J connectivity index is 1.61. The van der Waals surface area contributed by atoms with Crippen LogP contribution in [0.4, 0.5) is 0 Å². The number of benzene rings is 1. The van der Waals surface area contributed by atoms with Gasteiger partial charge in [-0.2, -0.15) is 5.10 Å². The Morgan fingerprint density at radius 2 is 2.08 bits per heavy atom. The van der Waals surface area contributed by atoms with Gasteiger partial charge in [-0.15, -0.1) is 0 Å². The number of aromatic nitrogens is 2. The topological polar surface area (TPSA) is 39.5 Å². The minimum absolute atomic E-state index is 0.219. The number of methoxy groups -OCH3 is 1. The van der Waals surface area contributed by atoms with E-state index in [4.69, 9.17) is 9.47 Å². The van der Waals surface area contributed by atoms with Gasteiger partial charge in [0.15, 0.2) is 0 Å². The first-order valence-corrected chi connectivity index (χ1v) is 9.16. The zero-order valence-electron chi connectivity index (χ0n) is 15.6. The van der Waals surface area contributed by atoms with Crippen molar-refractivity contribution in [3.8, 4) is 5.75 Å². The van der Waals surface area contributed by atoms with E-state index >= 15 is 0 Å². The molecule has 0 amide bonds. The van der Waals surface area contributed by atoms with E-state index in [-0.39, 0.29) is 6.10 Å². The van der Waals surface area contributed by atoms with Crippen LogP contribution in [0.5, 0.6) is 5.75 Å². The van der Waals surface area contributed by atoms with E-state index in [0.29, 0.717) is 0 Å². The molecule has 2 aromatic rings. The largest absolute Gasteiger partial charge is 0.491 e. The summed E-state index contributed by atoms with van der Waals surface area (Å²) in [5.74, 6) is 0.985. The summed E-state index contributed by atoms with van der Waals surface area (Å²) in [5.41, 5.74) is 4.11. The van der Waals surface area contributed by atoms with Gasteiger partial charge in [-0.25, -0.2) is 0 Å². The summed E-state index contributed by atoms with van der Waals surface area (Å²) < 4.78 is 13.1. The van der Waals surface area contributed by atoms with E-state index in [1.807, 2.05) is 6.20 Å².